The van der Waals surface area contributed by atoms with Gasteiger partial charge in [0.25, 0.3) is 5.91 Å². The number of halogens is 1. The summed E-state index contributed by atoms with van der Waals surface area (Å²) in [6, 6.07) is 11.3. The molecule has 26 heavy (non-hydrogen) atoms. The van der Waals surface area contributed by atoms with Gasteiger partial charge in [0.15, 0.2) is 16.3 Å². The van der Waals surface area contributed by atoms with E-state index in [1.165, 1.54) is 11.3 Å². The number of thiazole rings is 1. The molecule has 2 aromatic carbocycles. The predicted octanol–water partition coefficient (Wildman–Crippen LogP) is 4.39. The minimum absolute atomic E-state index is 0.280. The van der Waals surface area contributed by atoms with Gasteiger partial charge in [-0.2, -0.15) is 4.99 Å². The van der Waals surface area contributed by atoms with Crippen LogP contribution >= 0.6 is 27.3 Å². The highest BCUT2D eigenvalue weighted by Gasteiger charge is 2.15. The van der Waals surface area contributed by atoms with Crippen molar-refractivity contribution in [1.29, 1.82) is 0 Å². The number of carbonyl (C=O) groups excluding carboxylic acids is 1. The zero-order valence-electron chi connectivity index (χ0n) is 14.2. The van der Waals surface area contributed by atoms with Crippen LogP contribution in [0.2, 0.25) is 0 Å². The van der Waals surface area contributed by atoms with Gasteiger partial charge in [0.1, 0.15) is 13.2 Å². The lowest BCUT2D eigenvalue weighted by atomic mass is 10.2. The van der Waals surface area contributed by atoms with E-state index < -0.39 is 0 Å². The lowest BCUT2D eigenvalue weighted by Gasteiger charge is -2.18. The second-order valence-corrected chi connectivity index (χ2v) is 7.85. The number of aromatic nitrogens is 1. The Hall–Kier alpha value is -2.12. The first-order valence-electron chi connectivity index (χ1n) is 8.43. The highest BCUT2D eigenvalue weighted by molar-refractivity contribution is 9.10. The molecule has 4 rings (SSSR count). The molecule has 0 aliphatic carbocycles. The molecule has 0 N–H and O–H groups in total. The number of carbonyl (C=O) groups is 1. The molecule has 0 unspecified atom stereocenters. The van der Waals surface area contributed by atoms with Crippen molar-refractivity contribution in [3.8, 4) is 11.5 Å². The number of amides is 1. The summed E-state index contributed by atoms with van der Waals surface area (Å²) in [6.07, 6.45) is 0.966. The normalized spacial score (nSPS) is 14.0. The Bertz CT molecular complexity index is 1050. The van der Waals surface area contributed by atoms with E-state index in [-0.39, 0.29) is 5.91 Å². The first kappa shape index (κ1) is 17.3. The smallest absolute Gasteiger partial charge is 0.279 e. The van der Waals surface area contributed by atoms with E-state index in [0.29, 0.717) is 35.1 Å². The van der Waals surface area contributed by atoms with Crippen molar-refractivity contribution >= 4 is 43.4 Å². The molecule has 0 fully saturated rings. The van der Waals surface area contributed by atoms with Crippen LogP contribution in [-0.2, 0) is 6.54 Å². The molecule has 2 heterocycles. The van der Waals surface area contributed by atoms with Crippen LogP contribution in [0.15, 0.2) is 45.9 Å². The van der Waals surface area contributed by atoms with Gasteiger partial charge in [-0.1, -0.05) is 34.2 Å². The highest BCUT2D eigenvalue weighted by Crippen LogP contribution is 2.31. The molecule has 0 bridgehead atoms. The molecule has 0 atom stereocenters. The van der Waals surface area contributed by atoms with Crippen LogP contribution in [0.5, 0.6) is 11.5 Å². The van der Waals surface area contributed by atoms with Crippen LogP contribution in [-0.4, -0.2) is 23.7 Å². The summed E-state index contributed by atoms with van der Waals surface area (Å²) in [5, 5.41) is 0. The average molecular weight is 433 g/mol. The first-order valence-corrected chi connectivity index (χ1v) is 10.0. The lowest BCUT2D eigenvalue weighted by molar-refractivity contribution is 0.0996. The van der Waals surface area contributed by atoms with Crippen molar-refractivity contribution in [2.24, 2.45) is 4.99 Å². The second-order valence-electron chi connectivity index (χ2n) is 5.92. The molecular formula is C19H17BrN2O3S. The Labute approximate surface area is 163 Å². The molecular weight excluding hydrogens is 416 g/mol. The van der Waals surface area contributed by atoms with E-state index in [9.17, 15) is 4.79 Å². The number of fused-ring (bicyclic) bond motifs is 2. The number of ether oxygens (including phenoxy) is 2. The van der Waals surface area contributed by atoms with Crippen molar-refractivity contribution in [2.75, 3.05) is 13.2 Å². The van der Waals surface area contributed by atoms with E-state index in [4.69, 9.17) is 9.47 Å². The van der Waals surface area contributed by atoms with Gasteiger partial charge in [-0.15, -0.1) is 0 Å². The van der Waals surface area contributed by atoms with E-state index in [2.05, 4.69) is 44.5 Å². The Morgan fingerprint density at radius 2 is 2.00 bits per heavy atom. The summed E-state index contributed by atoms with van der Waals surface area (Å²) < 4.78 is 15.3. The lowest BCUT2D eigenvalue weighted by Crippen LogP contribution is -2.17. The summed E-state index contributed by atoms with van der Waals surface area (Å²) in [5.74, 6) is 0.983. The van der Waals surface area contributed by atoms with Crippen LogP contribution in [0.3, 0.4) is 0 Å². The fourth-order valence-corrected chi connectivity index (χ4v) is 4.51. The number of benzene rings is 2. The van der Waals surface area contributed by atoms with Crippen molar-refractivity contribution in [3.05, 3.63) is 51.2 Å². The Morgan fingerprint density at radius 1 is 1.19 bits per heavy atom. The largest absolute Gasteiger partial charge is 0.486 e. The Kier molecular flexibility index (Phi) is 4.82. The van der Waals surface area contributed by atoms with Crippen LogP contribution in [0.1, 0.15) is 23.7 Å². The Balaban J connectivity index is 1.77. The molecule has 0 saturated carbocycles. The summed E-state index contributed by atoms with van der Waals surface area (Å²) >= 11 is 5.02. The summed E-state index contributed by atoms with van der Waals surface area (Å²) in [4.78, 5) is 17.8. The van der Waals surface area contributed by atoms with Gasteiger partial charge in [-0.25, -0.2) is 0 Å². The minimum atomic E-state index is -0.280. The van der Waals surface area contributed by atoms with Crippen molar-refractivity contribution in [1.82, 2.24) is 4.57 Å². The van der Waals surface area contributed by atoms with E-state index >= 15 is 0 Å². The maximum absolute atomic E-state index is 12.7. The van der Waals surface area contributed by atoms with Gasteiger partial charge >= 0.3 is 0 Å². The van der Waals surface area contributed by atoms with Gasteiger partial charge in [0.05, 0.1) is 10.2 Å². The summed E-state index contributed by atoms with van der Waals surface area (Å²) in [5.41, 5.74) is 1.59. The SMILES string of the molecule is CCCn1c(=NC(=O)c2ccc3c(c2)OCCO3)sc2cc(Br)ccc21. The van der Waals surface area contributed by atoms with Gasteiger partial charge in [-0.3, -0.25) is 4.79 Å². The molecule has 5 nitrogen and oxygen atoms in total. The number of rotatable bonds is 3. The minimum Gasteiger partial charge on any atom is -0.486 e. The maximum atomic E-state index is 12.7. The number of hydrogen-bond acceptors (Lipinski definition) is 4. The van der Waals surface area contributed by atoms with Crippen molar-refractivity contribution in [2.45, 2.75) is 19.9 Å². The average Bonchev–Trinajstić information content (AvgIpc) is 2.98. The predicted molar refractivity (Wildman–Crippen MR) is 105 cm³/mol. The van der Waals surface area contributed by atoms with E-state index in [1.54, 1.807) is 18.2 Å². The number of nitrogens with zero attached hydrogens (tertiary/aromatic N) is 2. The quantitative estimate of drug-likeness (QED) is 0.616. The third-order valence-corrected chi connectivity index (χ3v) is 5.61. The zero-order valence-corrected chi connectivity index (χ0v) is 16.6. The third-order valence-electron chi connectivity index (χ3n) is 4.08. The highest BCUT2D eigenvalue weighted by atomic mass is 79.9. The molecule has 7 heteroatoms. The number of hydrogen-bond donors (Lipinski definition) is 0. The third kappa shape index (κ3) is 3.29. The van der Waals surface area contributed by atoms with Gasteiger partial charge in [0, 0.05) is 16.6 Å². The zero-order chi connectivity index (χ0) is 18.1. The summed E-state index contributed by atoms with van der Waals surface area (Å²) in [7, 11) is 0. The monoisotopic (exact) mass is 432 g/mol. The fourth-order valence-electron chi connectivity index (χ4n) is 2.90. The molecule has 1 aromatic heterocycles. The molecule has 0 spiro atoms. The van der Waals surface area contributed by atoms with Crippen LogP contribution in [0.4, 0.5) is 0 Å². The molecule has 0 radical (unpaired) electrons. The van der Waals surface area contributed by atoms with Gasteiger partial charge in [-0.05, 0) is 42.8 Å². The van der Waals surface area contributed by atoms with Crippen molar-refractivity contribution < 1.29 is 14.3 Å². The standard InChI is InChI=1S/C19H17BrN2O3S/c1-2-7-22-14-5-4-13(20)11-17(14)26-19(22)21-18(23)12-3-6-15-16(10-12)25-9-8-24-15/h3-6,10-11H,2,7-9H2,1H3. The molecule has 0 saturated heterocycles. The van der Waals surface area contributed by atoms with E-state index in [1.807, 2.05) is 6.07 Å². The molecule has 3 aromatic rings. The van der Waals surface area contributed by atoms with Gasteiger partial charge < -0.3 is 14.0 Å². The fraction of sp³-hybridized carbons (Fsp3) is 0.263. The molecule has 134 valence electrons. The molecule has 1 aliphatic heterocycles. The molecule has 1 aliphatic rings. The van der Waals surface area contributed by atoms with Crippen LogP contribution in [0, 0.1) is 0 Å². The summed E-state index contributed by atoms with van der Waals surface area (Å²) in [6.45, 7) is 3.94. The van der Waals surface area contributed by atoms with Crippen LogP contribution < -0.4 is 14.3 Å². The maximum Gasteiger partial charge on any atom is 0.279 e. The van der Waals surface area contributed by atoms with Crippen molar-refractivity contribution in [3.63, 3.8) is 0 Å². The van der Waals surface area contributed by atoms with Gasteiger partial charge in [0.2, 0.25) is 0 Å². The number of aryl methyl sites for hydroxylation is 1. The van der Waals surface area contributed by atoms with E-state index in [0.717, 1.165) is 27.7 Å². The van der Waals surface area contributed by atoms with Crippen LogP contribution in [0.25, 0.3) is 10.2 Å². The molecule has 1 amide bonds. The topological polar surface area (TPSA) is 52.8 Å². The Morgan fingerprint density at radius 3 is 2.81 bits per heavy atom. The first-order chi connectivity index (χ1) is 12.7. The second kappa shape index (κ2) is 7.25.